The first kappa shape index (κ1) is 19.3. The average molecular weight is 411 g/mol. The maximum absolute atomic E-state index is 13.2. The average Bonchev–Trinajstić information content (AvgIpc) is 3.27. The van der Waals surface area contributed by atoms with Crippen molar-refractivity contribution in [2.24, 2.45) is 0 Å². The van der Waals surface area contributed by atoms with E-state index < -0.39 is 10.0 Å². The van der Waals surface area contributed by atoms with Crippen molar-refractivity contribution in [3.05, 3.63) is 66.2 Å². The molecule has 2 aromatic carbocycles. The van der Waals surface area contributed by atoms with Crippen molar-refractivity contribution in [1.29, 1.82) is 0 Å². The second-order valence-electron chi connectivity index (χ2n) is 7.00. The maximum Gasteiger partial charge on any atom is 0.243 e. The van der Waals surface area contributed by atoms with Crippen molar-refractivity contribution in [1.82, 2.24) is 19.1 Å². The first-order valence-corrected chi connectivity index (χ1v) is 10.7. The zero-order chi connectivity index (χ0) is 20.6. The van der Waals surface area contributed by atoms with Crippen molar-refractivity contribution in [2.75, 3.05) is 12.4 Å². The summed E-state index contributed by atoms with van der Waals surface area (Å²) < 4.78 is 29.3. The molecular formula is C20H21N5O3S. The van der Waals surface area contributed by atoms with Gasteiger partial charge in [-0.1, -0.05) is 12.1 Å². The van der Waals surface area contributed by atoms with Crippen LogP contribution >= 0.6 is 0 Å². The SMILES string of the molecule is C[C@H](c1ccc(-n2cncn2)cc1)N(C)S(=O)(=O)c1ccc2c(c1)CCC(=O)N2. The minimum atomic E-state index is -3.69. The number of anilines is 1. The molecule has 9 heteroatoms. The highest BCUT2D eigenvalue weighted by molar-refractivity contribution is 7.89. The maximum atomic E-state index is 13.2. The van der Waals surface area contributed by atoms with Crippen LogP contribution in [0, 0.1) is 0 Å². The van der Waals surface area contributed by atoms with Crippen molar-refractivity contribution < 1.29 is 13.2 Å². The molecule has 8 nitrogen and oxygen atoms in total. The van der Waals surface area contributed by atoms with Crippen LogP contribution in [-0.4, -0.2) is 40.4 Å². The molecule has 1 aromatic heterocycles. The van der Waals surface area contributed by atoms with Gasteiger partial charge < -0.3 is 5.32 Å². The predicted octanol–water partition coefficient (Wildman–Crippen LogP) is 2.53. The number of amides is 1. The lowest BCUT2D eigenvalue weighted by Crippen LogP contribution is -2.30. The van der Waals surface area contributed by atoms with Gasteiger partial charge >= 0.3 is 0 Å². The standard InChI is InChI=1S/C20H21N5O3S/c1-14(15-3-6-17(7-4-15)25-13-21-12-22-25)24(2)29(27,28)18-8-9-19-16(11-18)5-10-20(26)23-19/h3-4,6-9,11-14H,5,10H2,1-2H3,(H,23,26)/t14-/m1/s1. The molecule has 29 heavy (non-hydrogen) atoms. The molecule has 1 N–H and O–H groups in total. The van der Waals surface area contributed by atoms with E-state index in [9.17, 15) is 13.2 Å². The lowest BCUT2D eigenvalue weighted by molar-refractivity contribution is -0.116. The van der Waals surface area contributed by atoms with E-state index in [1.54, 1.807) is 30.2 Å². The van der Waals surface area contributed by atoms with Gasteiger partial charge in [-0.15, -0.1) is 0 Å². The molecular weight excluding hydrogens is 390 g/mol. The summed E-state index contributed by atoms with van der Waals surface area (Å²) in [6, 6.07) is 12.0. The Morgan fingerprint density at radius 3 is 2.59 bits per heavy atom. The van der Waals surface area contributed by atoms with Gasteiger partial charge in [0.2, 0.25) is 15.9 Å². The van der Waals surface area contributed by atoms with Crippen LogP contribution in [0.25, 0.3) is 5.69 Å². The van der Waals surface area contributed by atoms with Crippen LogP contribution < -0.4 is 5.32 Å². The molecule has 4 rings (SSSR count). The van der Waals surface area contributed by atoms with Crippen molar-refractivity contribution in [2.45, 2.75) is 30.7 Å². The Morgan fingerprint density at radius 2 is 1.90 bits per heavy atom. The Bertz CT molecular complexity index is 1140. The minimum absolute atomic E-state index is 0.0480. The monoisotopic (exact) mass is 411 g/mol. The van der Waals surface area contributed by atoms with E-state index in [1.807, 2.05) is 31.2 Å². The summed E-state index contributed by atoms with van der Waals surface area (Å²) in [5, 5.41) is 6.86. The van der Waals surface area contributed by atoms with Gasteiger partial charge in [-0.25, -0.2) is 18.1 Å². The number of nitrogens with one attached hydrogen (secondary N) is 1. The van der Waals surface area contributed by atoms with Crippen molar-refractivity contribution >= 4 is 21.6 Å². The highest BCUT2D eigenvalue weighted by Crippen LogP contribution is 2.30. The first-order valence-electron chi connectivity index (χ1n) is 9.22. The van der Waals surface area contributed by atoms with E-state index in [0.29, 0.717) is 18.5 Å². The molecule has 2 heterocycles. The second-order valence-corrected chi connectivity index (χ2v) is 8.99. The molecule has 3 aromatic rings. The first-order chi connectivity index (χ1) is 13.9. The summed E-state index contributed by atoms with van der Waals surface area (Å²) in [7, 11) is -2.12. The van der Waals surface area contributed by atoms with Gasteiger partial charge in [0.25, 0.3) is 0 Å². The number of fused-ring (bicyclic) bond motifs is 1. The number of aromatic nitrogens is 3. The number of carbonyl (C=O) groups is 1. The molecule has 150 valence electrons. The van der Waals surface area contributed by atoms with Gasteiger partial charge in [-0.3, -0.25) is 4.79 Å². The third-order valence-electron chi connectivity index (χ3n) is 5.25. The van der Waals surface area contributed by atoms with Crippen LogP contribution in [0.5, 0.6) is 0 Å². The third kappa shape index (κ3) is 3.66. The number of sulfonamides is 1. The number of hydrogen-bond acceptors (Lipinski definition) is 5. The van der Waals surface area contributed by atoms with E-state index in [4.69, 9.17) is 0 Å². The minimum Gasteiger partial charge on any atom is -0.326 e. The molecule has 1 amide bonds. The summed E-state index contributed by atoms with van der Waals surface area (Å²) in [4.78, 5) is 15.7. The lowest BCUT2D eigenvalue weighted by Gasteiger charge is -2.26. The molecule has 0 spiro atoms. The summed E-state index contributed by atoms with van der Waals surface area (Å²) in [5.41, 5.74) is 3.23. The summed E-state index contributed by atoms with van der Waals surface area (Å²) in [5.74, 6) is -0.0480. The smallest absolute Gasteiger partial charge is 0.243 e. The van der Waals surface area contributed by atoms with E-state index in [-0.39, 0.29) is 16.8 Å². The van der Waals surface area contributed by atoms with Gasteiger partial charge in [0.15, 0.2) is 0 Å². The van der Waals surface area contributed by atoms with Gasteiger partial charge in [0, 0.05) is 25.2 Å². The quantitative estimate of drug-likeness (QED) is 0.696. The van der Waals surface area contributed by atoms with Crippen LogP contribution in [0.2, 0.25) is 0 Å². The fraction of sp³-hybridized carbons (Fsp3) is 0.250. The zero-order valence-electron chi connectivity index (χ0n) is 16.1. The van der Waals surface area contributed by atoms with Crippen molar-refractivity contribution in [3.8, 4) is 5.69 Å². The normalized spacial score (nSPS) is 15.1. The molecule has 0 saturated heterocycles. The van der Waals surface area contributed by atoms with Crippen LogP contribution in [0.4, 0.5) is 5.69 Å². The molecule has 0 aliphatic carbocycles. The number of rotatable bonds is 5. The Balaban J connectivity index is 1.58. The fourth-order valence-electron chi connectivity index (χ4n) is 3.35. The largest absolute Gasteiger partial charge is 0.326 e. The molecule has 0 unspecified atom stereocenters. The molecule has 1 aliphatic heterocycles. The molecule has 0 saturated carbocycles. The Kier molecular flexibility index (Phi) is 4.93. The highest BCUT2D eigenvalue weighted by Gasteiger charge is 2.28. The molecule has 1 aliphatic rings. The van der Waals surface area contributed by atoms with E-state index >= 15 is 0 Å². The second kappa shape index (κ2) is 7.41. The Morgan fingerprint density at radius 1 is 1.14 bits per heavy atom. The third-order valence-corrected chi connectivity index (χ3v) is 7.18. The number of benzene rings is 2. The molecule has 0 radical (unpaired) electrons. The summed E-state index contributed by atoms with van der Waals surface area (Å²) in [6.45, 7) is 1.85. The van der Waals surface area contributed by atoms with E-state index in [2.05, 4.69) is 15.4 Å². The Hall–Kier alpha value is -3.04. The number of nitrogens with zero attached hydrogens (tertiary/aromatic N) is 4. The van der Waals surface area contributed by atoms with Gasteiger partial charge in [-0.2, -0.15) is 9.40 Å². The molecule has 0 bridgehead atoms. The number of carbonyl (C=O) groups excluding carboxylic acids is 1. The summed E-state index contributed by atoms with van der Waals surface area (Å²) >= 11 is 0. The van der Waals surface area contributed by atoms with Gasteiger partial charge in [0.05, 0.1) is 10.6 Å². The van der Waals surface area contributed by atoms with Gasteiger partial charge in [0.1, 0.15) is 12.7 Å². The van der Waals surface area contributed by atoms with Crippen LogP contribution in [-0.2, 0) is 21.2 Å². The molecule has 0 fully saturated rings. The number of hydrogen-bond donors (Lipinski definition) is 1. The Labute approximate surface area is 169 Å². The lowest BCUT2D eigenvalue weighted by atomic mass is 10.0. The van der Waals surface area contributed by atoms with E-state index in [1.165, 1.54) is 16.7 Å². The van der Waals surface area contributed by atoms with E-state index in [0.717, 1.165) is 16.8 Å². The highest BCUT2D eigenvalue weighted by atomic mass is 32.2. The molecule has 1 atom stereocenters. The van der Waals surface area contributed by atoms with Crippen LogP contribution in [0.1, 0.15) is 30.5 Å². The predicted molar refractivity (Wildman–Crippen MR) is 108 cm³/mol. The zero-order valence-corrected chi connectivity index (χ0v) is 16.9. The number of aryl methyl sites for hydroxylation is 1. The van der Waals surface area contributed by atoms with Crippen LogP contribution in [0.3, 0.4) is 0 Å². The fourth-order valence-corrected chi connectivity index (χ4v) is 4.75. The topological polar surface area (TPSA) is 97.2 Å². The van der Waals surface area contributed by atoms with Gasteiger partial charge in [-0.05, 0) is 54.8 Å². The van der Waals surface area contributed by atoms with Crippen LogP contribution in [0.15, 0.2) is 60.0 Å². The van der Waals surface area contributed by atoms with Crippen molar-refractivity contribution in [3.63, 3.8) is 0 Å². The summed E-state index contributed by atoms with van der Waals surface area (Å²) in [6.07, 6.45) is 3.96.